The summed E-state index contributed by atoms with van der Waals surface area (Å²) in [6.07, 6.45) is 6.22. The van der Waals surface area contributed by atoms with Gasteiger partial charge in [-0.15, -0.1) is 11.3 Å². The number of benzene rings is 1. The minimum atomic E-state index is -0.458. The molecule has 35 heavy (non-hydrogen) atoms. The summed E-state index contributed by atoms with van der Waals surface area (Å²) in [4.78, 5) is 28.9. The van der Waals surface area contributed by atoms with E-state index in [-0.39, 0.29) is 17.8 Å². The van der Waals surface area contributed by atoms with Crippen LogP contribution >= 0.6 is 11.3 Å². The highest BCUT2D eigenvalue weighted by atomic mass is 32.1. The van der Waals surface area contributed by atoms with Crippen LogP contribution in [0, 0.1) is 5.92 Å². The molecule has 0 radical (unpaired) electrons. The molecule has 0 bridgehead atoms. The summed E-state index contributed by atoms with van der Waals surface area (Å²) in [7, 11) is 0. The molecule has 1 aliphatic carbocycles. The maximum atomic E-state index is 12.9. The lowest BCUT2D eigenvalue weighted by molar-refractivity contribution is -0.139. The molecule has 2 aromatic rings. The Morgan fingerprint density at radius 3 is 2.69 bits per heavy atom. The van der Waals surface area contributed by atoms with Crippen LogP contribution in [0.5, 0.6) is 5.75 Å². The zero-order valence-electron chi connectivity index (χ0n) is 22.1. The predicted molar refractivity (Wildman–Crippen MR) is 144 cm³/mol. The summed E-state index contributed by atoms with van der Waals surface area (Å²) in [6, 6.07) is 11.0. The van der Waals surface area contributed by atoms with Crippen LogP contribution in [0.15, 0.2) is 35.7 Å². The minimum Gasteiger partial charge on any atom is -0.426 e. The summed E-state index contributed by atoms with van der Waals surface area (Å²) in [5, 5.41) is 5.15. The topological polar surface area (TPSA) is 58.6 Å². The summed E-state index contributed by atoms with van der Waals surface area (Å²) in [5.41, 5.74) is 2.02. The Labute approximate surface area is 215 Å². The molecule has 6 heteroatoms. The molecular formula is C29H42N2O3S. The van der Waals surface area contributed by atoms with Crippen LogP contribution in [0.4, 0.5) is 0 Å². The lowest BCUT2D eigenvalue weighted by Gasteiger charge is -2.35. The lowest BCUT2D eigenvalue weighted by atomic mass is 9.86. The monoisotopic (exact) mass is 498 g/mol. The molecule has 1 amide bonds. The molecule has 1 aromatic carbocycles. The van der Waals surface area contributed by atoms with Crippen molar-refractivity contribution in [2.75, 3.05) is 13.1 Å². The van der Waals surface area contributed by atoms with Crippen molar-refractivity contribution >= 4 is 23.2 Å². The van der Waals surface area contributed by atoms with E-state index in [2.05, 4.69) is 40.7 Å². The number of thiophene rings is 1. The van der Waals surface area contributed by atoms with Crippen molar-refractivity contribution in [2.24, 2.45) is 5.92 Å². The fourth-order valence-electron chi connectivity index (χ4n) is 5.21. The quantitative estimate of drug-likeness (QED) is 0.297. The normalized spacial score (nSPS) is 16.6. The van der Waals surface area contributed by atoms with Crippen molar-refractivity contribution in [1.29, 1.82) is 0 Å². The Balaban J connectivity index is 1.63. The predicted octanol–water partition coefficient (Wildman–Crippen LogP) is 5.80. The van der Waals surface area contributed by atoms with E-state index in [9.17, 15) is 9.59 Å². The summed E-state index contributed by atoms with van der Waals surface area (Å²) in [5.74, 6) is 0.151. The number of fused-ring (bicyclic) bond motifs is 1. The zero-order valence-corrected chi connectivity index (χ0v) is 22.9. The second kappa shape index (κ2) is 12.7. The smallest absolute Gasteiger partial charge is 0.314 e. The maximum Gasteiger partial charge on any atom is 0.314 e. The first kappa shape index (κ1) is 27.4. The maximum absolute atomic E-state index is 12.9. The van der Waals surface area contributed by atoms with E-state index in [1.807, 2.05) is 51.2 Å². The van der Waals surface area contributed by atoms with Crippen LogP contribution in [0.3, 0.4) is 0 Å². The van der Waals surface area contributed by atoms with Gasteiger partial charge < -0.3 is 10.1 Å². The Morgan fingerprint density at radius 1 is 1.20 bits per heavy atom. The largest absolute Gasteiger partial charge is 0.426 e. The highest BCUT2D eigenvalue weighted by molar-refractivity contribution is 7.09. The Kier molecular flexibility index (Phi) is 9.93. The molecule has 0 saturated carbocycles. The van der Waals surface area contributed by atoms with Crippen LogP contribution in [-0.2, 0) is 28.9 Å². The number of hydrogen-bond acceptors (Lipinski definition) is 5. The number of carbonyl (C=O) groups excluding carboxylic acids is 2. The third kappa shape index (κ3) is 7.91. The molecule has 0 saturated heterocycles. The molecule has 1 N–H and O–H groups in total. The van der Waals surface area contributed by atoms with E-state index >= 15 is 0 Å². The molecule has 192 valence electrons. The molecule has 2 atom stereocenters. The lowest BCUT2D eigenvalue weighted by Crippen LogP contribution is -2.45. The van der Waals surface area contributed by atoms with Crippen LogP contribution in [0.25, 0.3) is 0 Å². The number of amides is 1. The molecular weight excluding hydrogens is 456 g/mol. The highest BCUT2D eigenvalue weighted by Crippen LogP contribution is 2.32. The first-order valence-electron chi connectivity index (χ1n) is 13.1. The number of nitrogens with zero attached hydrogens (tertiary/aromatic N) is 1. The molecule has 1 heterocycles. The number of nitrogens with one attached hydrogen (secondary N) is 1. The van der Waals surface area contributed by atoms with Crippen molar-refractivity contribution in [1.82, 2.24) is 10.2 Å². The number of hydrogen-bond donors (Lipinski definition) is 1. The van der Waals surface area contributed by atoms with E-state index in [1.165, 1.54) is 16.0 Å². The Morgan fingerprint density at radius 2 is 2.00 bits per heavy atom. The first-order valence-corrected chi connectivity index (χ1v) is 14.0. The molecule has 5 nitrogen and oxygen atoms in total. The Bertz CT molecular complexity index is 970. The number of rotatable bonds is 12. The molecule has 1 unspecified atom stereocenters. The summed E-state index contributed by atoms with van der Waals surface area (Å²) < 4.78 is 5.93. The van der Waals surface area contributed by atoms with Gasteiger partial charge in [0.25, 0.3) is 0 Å². The van der Waals surface area contributed by atoms with E-state index in [0.717, 1.165) is 45.2 Å². The van der Waals surface area contributed by atoms with Crippen molar-refractivity contribution in [3.8, 4) is 5.75 Å². The van der Waals surface area contributed by atoms with Crippen LogP contribution in [0.1, 0.15) is 76.3 Å². The average molecular weight is 499 g/mol. The number of carbonyl (C=O) groups is 2. The zero-order chi connectivity index (χ0) is 25.4. The second-order valence-electron chi connectivity index (χ2n) is 10.5. The van der Waals surface area contributed by atoms with Gasteiger partial charge in [0.05, 0.1) is 5.92 Å². The highest BCUT2D eigenvalue weighted by Gasteiger charge is 2.29. The van der Waals surface area contributed by atoms with Crippen molar-refractivity contribution < 1.29 is 14.3 Å². The van der Waals surface area contributed by atoms with Crippen LogP contribution in [0.2, 0.25) is 0 Å². The molecule has 3 rings (SSSR count). The van der Waals surface area contributed by atoms with E-state index in [1.54, 1.807) is 0 Å². The van der Waals surface area contributed by atoms with Gasteiger partial charge in [-0.1, -0.05) is 39.0 Å². The van der Waals surface area contributed by atoms with Gasteiger partial charge in [0.1, 0.15) is 5.75 Å². The van der Waals surface area contributed by atoms with Crippen molar-refractivity contribution in [2.45, 2.75) is 91.1 Å². The molecule has 0 spiro atoms. The van der Waals surface area contributed by atoms with Gasteiger partial charge in [0.2, 0.25) is 5.91 Å². The molecule has 1 aromatic heterocycles. The van der Waals surface area contributed by atoms with Gasteiger partial charge in [-0.05, 0) is 87.6 Å². The third-order valence-electron chi connectivity index (χ3n) is 6.89. The number of ether oxygens (including phenoxy) is 1. The van der Waals surface area contributed by atoms with Crippen molar-refractivity contribution in [3.63, 3.8) is 0 Å². The van der Waals surface area contributed by atoms with Crippen LogP contribution in [-0.4, -0.2) is 41.4 Å². The standard InChI is InChI=1S/C29H42N2O3S/c1-6-16-31(17-15-24-11-9-18-35-24)23-13-14-25-22(19-23)10-8-12-26(25)34-28(33)21(3)20-29(4,5)30-27(32)7-2/h8-12,18,21,23H,6-7,13-17,19-20H2,1-5H3,(H,30,32)/t21?,23-/m0/s1. The van der Waals surface area contributed by atoms with Crippen LogP contribution < -0.4 is 10.1 Å². The third-order valence-corrected chi connectivity index (χ3v) is 7.83. The van der Waals surface area contributed by atoms with E-state index < -0.39 is 5.54 Å². The van der Waals surface area contributed by atoms with Gasteiger partial charge in [-0.25, -0.2) is 0 Å². The molecule has 1 aliphatic rings. The van der Waals surface area contributed by atoms with E-state index in [4.69, 9.17) is 4.74 Å². The van der Waals surface area contributed by atoms with Gasteiger partial charge in [0.15, 0.2) is 0 Å². The van der Waals surface area contributed by atoms with Gasteiger partial charge in [0, 0.05) is 29.4 Å². The SMILES string of the molecule is CCCN(CCc1cccs1)[C@H]1CCc2c(cccc2OC(=O)C(C)CC(C)(C)NC(=O)CC)C1. The summed E-state index contributed by atoms with van der Waals surface area (Å²) in [6.45, 7) is 12.1. The van der Waals surface area contributed by atoms with Gasteiger partial charge in [-0.3, -0.25) is 14.5 Å². The molecule has 0 aliphatic heterocycles. The van der Waals surface area contributed by atoms with E-state index in [0.29, 0.717) is 24.6 Å². The first-order chi connectivity index (χ1) is 16.7. The fraction of sp³-hybridized carbons (Fsp3) is 0.586. The van der Waals surface area contributed by atoms with Gasteiger partial charge >= 0.3 is 5.97 Å². The fourth-order valence-corrected chi connectivity index (χ4v) is 5.91. The second-order valence-corrected chi connectivity index (χ2v) is 11.5. The average Bonchev–Trinajstić information content (AvgIpc) is 3.34. The van der Waals surface area contributed by atoms with Gasteiger partial charge in [-0.2, -0.15) is 0 Å². The minimum absolute atomic E-state index is 0.00486. The van der Waals surface area contributed by atoms with Crippen molar-refractivity contribution in [3.05, 3.63) is 51.7 Å². The number of esters is 1. The summed E-state index contributed by atoms with van der Waals surface area (Å²) >= 11 is 1.84. The molecule has 0 fully saturated rings. The Hall–Kier alpha value is -2.18.